The van der Waals surface area contributed by atoms with Gasteiger partial charge in [-0.05, 0) is 66.5 Å². The van der Waals surface area contributed by atoms with Crippen molar-refractivity contribution in [3.05, 3.63) is 69.5 Å². The predicted octanol–water partition coefficient (Wildman–Crippen LogP) is 4.67. The third kappa shape index (κ3) is 6.16. The van der Waals surface area contributed by atoms with Crippen LogP contribution in [0.25, 0.3) is 10.4 Å². The molecular weight excluding hydrogens is 600 g/mol. The summed E-state index contributed by atoms with van der Waals surface area (Å²) >= 11 is 4.68. The van der Waals surface area contributed by atoms with E-state index in [9.17, 15) is 14.4 Å². The summed E-state index contributed by atoms with van der Waals surface area (Å²) in [6.07, 6.45) is 1.44. The van der Waals surface area contributed by atoms with Crippen LogP contribution in [0.5, 0.6) is 11.5 Å². The molecule has 0 saturated carbocycles. The summed E-state index contributed by atoms with van der Waals surface area (Å²) < 4.78 is 22.6. The monoisotopic (exact) mass is 630 g/mol. The molecule has 1 aromatic heterocycles. The van der Waals surface area contributed by atoms with E-state index in [-0.39, 0.29) is 29.8 Å². The van der Waals surface area contributed by atoms with Gasteiger partial charge in [0.1, 0.15) is 5.75 Å². The molecule has 0 aliphatic carbocycles. The Morgan fingerprint density at radius 2 is 1.82 bits per heavy atom. The van der Waals surface area contributed by atoms with Crippen molar-refractivity contribution in [2.75, 3.05) is 33.4 Å². The Bertz CT molecular complexity index is 1360. The Morgan fingerprint density at radius 3 is 2.48 bits per heavy atom. The quantitative estimate of drug-likeness (QED) is 0.293. The number of methoxy groups -OCH3 is 1. The second kappa shape index (κ2) is 13.3. The van der Waals surface area contributed by atoms with Crippen LogP contribution < -0.4 is 20.5 Å². The molecule has 11 heteroatoms. The Balaban J connectivity index is 1.74. The molecule has 1 unspecified atom stereocenters. The minimum absolute atomic E-state index is 0.139. The average Bonchev–Trinajstić information content (AvgIpc) is 3.31. The highest BCUT2D eigenvalue weighted by Crippen LogP contribution is 2.47. The van der Waals surface area contributed by atoms with E-state index in [0.717, 1.165) is 37.3 Å². The molecule has 0 radical (unpaired) electrons. The number of thiophene rings is 1. The van der Waals surface area contributed by atoms with E-state index in [1.807, 2.05) is 36.4 Å². The highest BCUT2D eigenvalue weighted by atomic mass is 79.9. The van der Waals surface area contributed by atoms with Crippen molar-refractivity contribution in [1.82, 2.24) is 5.32 Å². The minimum atomic E-state index is -1.38. The van der Waals surface area contributed by atoms with Crippen LogP contribution in [0.4, 0.5) is 0 Å². The first-order valence-electron chi connectivity index (χ1n) is 12.9. The van der Waals surface area contributed by atoms with Gasteiger partial charge in [0.2, 0.25) is 5.60 Å². The lowest BCUT2D eigenvalue weighted by Gasteiger charge is -2.40. The maximum atomic E-state index is 13.2. The number of rotatable bonds is 11. The Morgan fingerprint density at radius 1 is 1.10 bits per heavy atom. The molecule has 1 atom stereocenters. The number of halogens is 1. The van der Waals surface area contributed by atoms with Crippen molar-refractivity contribution < 1.29 is 33.3 Å². The smallest absolute Gasteiger partial charge is 0.351 e. The van der Waals surface area contributed by atoms with Gasteiger partial charge >= 0.3 is 11.9 Å². The van der Waals surface area contributed by atoms with E-state index < -0.39 is 23.4 Å². The summed E-state index contributed by atoms with van der Waals surface area (Å²) in [6, 6.07) is 16.5. The lowest BCUT2D eigenvalue weighted by Crippen LogP contribution is -2.54. The van der Waals surface area contributed by atoms with Gasteiger partial charge in [-0.3, -0.25) is 4.79 Å². The van der Waals surface area contributed by atoms with Crippen molar-refractivity contribution in [3.63, 3.8) is 0 Å². The molecule has 212 valence electrons. The fourth-order valence-corrected chi connectivity index (χ4v) is 6.81. The molecule has 1 aliphatic rings. The van der Waals surface area contributed by atoms with Crippen LogP contribution in [-0.2, 0) is 24.7 Å². The standard InChI is InChI=1S/C29H31BrN2O7S/c1-3-37-22(33)17-38-24-23(30)25(40-26(24)27(34)36-2)18-8-7-11-21(16-18)39-29(28(31)35,19-9-5-4-6-10-19)20-12-14-32-15-13-20/h4-11,16,20,32H,3,12-15,17H2,1-2H3,(H2,31,35). The van der Waals surface area contributed by atoms with Crippen molar-refractivity contribution in [2.45, 2.75) is 25.4 Å². The molecule has 1 aliphatic heterocycles. The minimum Gasteiger partial charge on any atom is -0.479 e. The third-order valence-corrected chi connectivity index (χ3v) is 8.90. The molecule has 4 rings (SSSR count). The molecule has 2 aromatic carbocycles. The second-order valence-corrected chi connectivity index (χ2v) is 10.9. The van der Waals surface area contributed by atoms with Gasteiger partial charge in [-0.2, -0.15) is 0 Å². The molecule has 40 heavy (non-hydrogen) atoms. The van der Waals surface area contributed by atoms with E-state index in [4.69, 9.17) is 24.7 Å². The van der Waals surface area contributed by atoms with E-state index in [0.29, 0.717) is 26.2 Å². The highest BCUT2D eigenvalue weighted by molar-refractivity contribution is 9.10. The number of nitrogens with two attached hydrogens (primary N) is 1. The molecule has 2 heterocycles. The second-order valence-electron chi connectivity index (χ2n) is 9.11. The Hall–Kier alpha value is -3.41. The van der Waals surface area contributed by atoms with Gasteiger partial charge < -0.3 is 30.0 Å². The lowest BCUT2D eigenvalue weighted by atomic mass is 9.75. The van der Waals surface area contributed by atoms with Gasteiger partial charge in [-0.25, -0.2) is 9.59 Å². The van der Waals surface area contributed by atoms with Crippen LogP contribution in [-0.4, -0.2) is 51.3 Å². The van der Waals surface area contributed by atoms with Gasteiger partial charge in [0.15, 0.2) is 17.2 Å². The fraction of sp³-hybridized carbons (Fsp3) is 0.345. The largest absolute Gasteiger partial charge is 0.479 e. The lowest BCUT2D eigenvalue weighted by molar-refractivity contribution is -0.145. The molecule has 1 saturated heterocycles. The third-order valence-electron chi connectivity index (χ3n) is 6.68. The number of carbonyl (C=O) groups is 3. The summed E-state index contributed by atoms with van der Waals surface area (Å²) in [4.78, 5) is 38.5. The number of piperidine rings is 1. The normalized spacial score (nSPS) is 15.1. The zero-order valence-electron chi connectivity index (χ0n) is 22.2. The highest BCUT2D eigenvalue weighted by Gasteiger charge is 2.48. The van der Waals surface area contributed by atoms with Crippen molar-refractivity contribution in [1.29, 1.82) is 0 Å². The number of carbonyl (C=O) groups excluding carboxylic acids is 3. The molecule has 0 spiro atoms. The number of ether oxygens (including phenoxy) is 4. The van der Waals surface area contributed by atoms with Gasteiger partial charge in [-0.1, -0.05) is 42.5 Å². The molecule has 0 bridgehead atoms. The maximum absolute atomic E-state index is 13.2. The van der Waals surface area contributed by atoms with Gasteiger partial charge in [-0.15, -0.1) is 11.3 Å². The molecule has 3 aromatic rings. The van der Waals surface area contributed by atoms with E-state index in [1.165, 1.54) is 7.11 Å². The summed E-state index contributed by atoms with van der Waals surface area (Å²) in [5.74, 6) is -1.25. The van der Waals surface area contributed by atoms with Crippen molar-refractivity contribution in [2.24, 2.45) is 11.7 Å². The average molecular weight is 632 g/mol. The van der Waals surface area contributed by atoms with Gasteiger partial charge in [0.05, 0.1) is 23.1 Å². The molecular formula is C29H31BrN2O7S. The fourth-order valence-electron chi connectivity index (χ4n) is 4.84. The Kier molecular flexibility index (Phi) is 9.83. The number of amides is 1. The predicted molar refractivity (Wildman–Crippen MR) is 154 cm³/mol. The van der Waals surface area contributed by atoms with Crippen molar-refractivity contribution >= 4 is 45.1 Å². The summed E-state index contributed by atoms with van der Waals surface area (Å²) in [5, 5.41) is 3.33. The number of hydrogen-bond donors (Lipinski definition) is 2. The van der Waals surface area contributed by atoms with Crippen LogP contribution in [0.15, 0.2) is 59.1 Å². The van der Waals surface area contributed by atoms with Crippen LogP contribution >= 0.6 is 27.3 Å². The van der Waals surface area contributed by atoms with E-state index >= 15 is 0 Å². The van der Waals surface area contributed by atoms with Crippen LogP contribution in [0.3, 0.4) is 0 Å². The SMILES string of the molecule is CCOC(=O)COc1c(C(=O)OC)sc(-c2cccc(OC(C(N)=O)(c3ccccc3)C3CCNCC3)c2)c1Br. The molecule has 9 nitrogen and oxygen atoms in total. The number of hydrogen-bond acceptors (Lipinski definition) is 9. The van der Waals surface area contributed by atoms with Gasteiger partial charge in [0, 0.05) is 11.5 Å². The number of benzene rings is 2. The van der Waals surface area contributed by atoms with Gasteiger partial charge in [0.25, 0.3) is 5.91 Å². The zero-order valence-corrected chi connectivity index (χ0v) is 24.6. The van der Waals surface area contributed by atoms with E-state index in [1.54, 1.807) is 25.1 Å². The molecule has 3 N–H and O–H groups in total. The van der Waals surface area contributed by atoms with Crippen LogP contribution in [0.2, 0.25) is 0 Å². The number of nitrogens with one attached hydrogen (secondary N) is 1. The molecule has 1 amide bonds. The van der Waals surface area contributed by atoms with Crippen LogP contribution in [0, 0.1) is 5.92 Å². The van der Waals surface area contributed by atoms with Crippen molar-refractivity contribution in [3.8, 4) is 21.9 Å². The first-order chi connectivity index (χ1) is 19.3. The maximum Gasteiger partial charge on any atom is 0.351 e. The summed E-state index contributed by atoms with van der Waals surface area (Å²) in [5.41, 5.74) is 6.13. The zero-order chi connectivity index (χ0) is 28.7. The number of primary amides is 1. The first-order valence-corrected chi connectivity index (χ1v) is 14.5. The first kappa shape index (κ1) is 29.6. The Labute approximate surface area is 245 Å². The number of esters is 2. The summed E-state index contributed by atoms with van der Waals surface area (Å²) in [6.45, 7) is 3.04. The molecule has 1 fully saturated rings. The van der Waals surface area contributed by atoms with Crippen LogP contribution in [0.1, 0.15) is 35.0 Å². The summed E-state index contributed by atoms with van der Waals surface area (Å²) in [7, 11) is 1.27. The van der Waals surface area contributed by atoms with E-state index in [2.05, 4.69) is 21.2 Å². The topological polar surface area (TPSA) is 126 Å².